The fraction of sp³-hybridized carbons (Fsp3) is 0.345. The fourth-order valence-electron chi connectivity index (χ4n) is 5.64. The Morgan fingerprint density at radius 1 is 0.943 bits per heavy atom. The van der Waals surface area contributed by atoms with Crippen molar-refractivity contribution in [3.8, 4) is 17.2 Å². The number of likely N-dealkylation sites (tertiary alicyclic amines) is 1. The van der Waals surface area contributed by atoms with E-state index in [2.05, 4.69) is 58.4 Å². The molecule has 1 atom stereocenters. The van der Waals surface area contributed by atoms with Crippen LogP contribution >= 0.6 is 0 Å². The van der Waals surface area contributed by atoms with Gasteiger partial charge in [0, 0.05) is 50.0 Å². The summed E-state index contributed by atoms with van der Waals surface area (Å²) in [6.45, 7) is 2.86. The molecule has 1 spiro atoms. The van der Waals surface area contributed by atoms with E-state index in [1.807, 2.05) is 24.3 Å². The largest absolute Gasteiger partial charge is 0.497 e. The lowest BCUT2D eigenvalue weighted by molar-refractivity contribution is -0.151. The van der Waals surface area contributed by atoms with Crippen molar-refractivity contribution in [1.82, 2.24) is 9.91 Å². The number of para-hydroxylation sites is 1. The molecular weight excluding hydrogens is 438 g/mol. The SMILES string of the molecule is COc1cccc(C2=NN3[C@@H](C2)c2cccc(OC)c2OC32CCN(Cc3ccccc3)CC2)c1. The van der Waals surface area contributed by atoms with Gasteiger partial charge in [-0.3, -0.25) is 4.90 Å². The van der Waals surface area contributed by atoms with E-state index in [1.165, 1.54) is 5.56 Å². The summed E-state index contributed by atoms with van der Waals surface area (Å²) in [5.74, 6) is 2.51. The molecule has 0 N–H and O–H groups in total. The first-order valence-corrected chi connectivity index (χ1v) is 12.3. The number of nitrogens with zero attached hydrogens (tertiary/aromatic N) is 3. The first-order valence-electron chi connectivity index (χ1n) is 12.3. The second-order valence-corrected chi connectivity index (χ2v) is 9.53. The van der Waals surface area contributed by atoms with Gasteiger partial charge in [0.15, 0.2) is 11.5 Å². The van der Waals surface area contributed by atoms with Crippen molar-refractivity contribution >= 4 is 5.71 Å². The van der Waals surface area contributed by atoms with Gasteiger partial charge in [-0.25, -0.2) is 5.01 Å². The van der Waals surface area contributed by atoms with Crippen LogP contribution in [0.5, 0.6) is 17.2 Å². The van der Waals surface area contributed by atoms with Gasteiger partial charge in [-0.1, -0.05) is 54.6 Å². The Hall–Kier alpha value is -3.51. The minimum atomic E-state index is -0.486. The number of fused-ring (bicyclic) bond motifs is 4. The number of piperidine rings is 1. The summed E-state index contributed by atoms with van der Waals surface area (Å²) >= 11 is 0. The first-order chi connectivity index (χ1) is 17.2. The number of benzene rings is 3. The van der Waals surface area contributed by atoms with E-state index in [1.54, 1.807) is 14.2 Å². The summed E-state index contributed by atoms with van der Waals surface area (Å²) in [4.78, 5) is 2.51. The highest BCUT2D eigenvalue weighted by Gasteiger charge is 2.52. The van der Waals surface area contributed by atoms with E-state index < -0.39 is 5.72 Å². The van der Waals surface area contributed by atoms with Crippen LogP contribution < -0.4 is 14.2 Å². The average molecular weight is 470 g/mol. The highest BCUT2D eigenvalue weighted by molar-refractivity contribution is 6.02. The molecule has 1 saturated heterocycles. The Bertz CT molecular complexity index is 1230. The van der Waals surface area contributed by atoms with Gasteiger partial charge in [0.2, 0.25) is 5.72 Å². The molecule has 0 aliphatic carbocycles. The van der Waals surface area contributed by atoms with E-state index in [0.29, 0.717) is 0 Å². The predicted molar refractivity (Wildman–Crippen MR) is 136 cm³/mol. The normalized spacial score (nSPS) is 20.6. The zero-order valence-electron chi connectivity index (χ0n) is 20.3. The van der Waals surface area contributed by atoms with Crippen molar-refractivity contribution in [2.24, 2.45) is 5.10 Å². The smallest absolute Gasteiger partial charge is 0.200 e. The minimum Gasteiger partial charge on any atom is -0.497 e. The number of hydrogen-bond acceptors (Lipinski definition) is 6. The highest BCUT2D eigenvalue weighted by Crippen LogP contribution is 2.52. The number of ether oxygens (including phenoxy) is 3. The third-order valence-electron chi connectivity index (χ3n) is 7.50. The molecule has 0 amide bonds. The van der Waals surface area contributed by atoms with Gasteiger partial charge in [-0.05, 0) is 23.8 Å². The predicted octanol–water partition coefficient (Wildman–Crippen LogP) is 5.24. The second kappa shape index (κ2) is 8.93. The van der Waals surface area contributed by atoms with E-state index in [4.69, 9.17) is 19.3 Å². The van der Waals surface area contributed by atoms with Gasteiger partial charge >= 0.3 is 0 Å². The molecule has 6 nitrogen and oxygen atoms in total. The maximum Gasteiger partial charge on any atom is 0.200 e. The van der Waals surface area contributed by atoms with Gasteiger partial charge in [0.05, 0.1) is 26.0 Å². The number of methoxy groups -OCH3 is 2. The van der Waals surface area contributed by atoms with Gasteiger partial charge in [0.1, 0.15) is 5.75 Å². The van der Waals surface area contributed by atoms with Crippen molar-refractivity contribution in [1.29, 1.82) is 0 Å². The van der Waals surface area contributed by atoms with Crippen molar-refractivity contribution in [3.05, 3.63) is 89.5 Å². The van der Waals surface area contributed by atoms with Crippen molar-refractivity contribution in [2.45, 2.75) is 37.6 Å². The summed E-state index contributed by atoms with van der Waals surface area (Å²) in [6, 6.07) is 25.2. The molecule has 6 heteroatoms. The molecule has 35 heavy (non-hydrogen) atoms. The Balaban J connectivity index is 1.33. The molecule has 3 aromatic carbocycles. The maximum atomic E-state index is 6.87. The molecule has 3 aliphatic rings. The molecule has 3 aromatic rings. The molecule has 180 valence electrons. The van der Waals surface area contributed by atoms with Crippen molar-refractivity contribution in [3.63, 3.8) is 0 Å². The molecule has 1 fully saturated rings. The zero-order chi connectivity index (χ0) is 23.8. The monoisotopic (exact) mass is 469 g/mol. The van der Waals surface area contributed by atoms with Crippen LogP contribution in [0.2, 0.25) is 0 Å². The minimum absolute atomic E-state index is 0.121. The molecule has 0 saturated carbocycles. The Morgan fingerprint density at radius 2 is 1.74 bits per heavy atom. The van der Waals surface area contributed by atoms with Crippen molar-refractivity contribution in [2.75, 3.05) is 27.3 Å². The quantitative estimate of drug-likeness (QED) is 0.511. The van der Waals surface area contributed by atoms with Crippen LogP contribution in [0, 0.1) is 0 Å². The molecule has 0 unspecified atom stereocenters. The van der Waals surface area contributed by atoms with Crippen LogP contribution in [0.1, 0.15) is 42.0 Å². The van der Waals surface area contributed by atoms with Crippen LogP contribution in [-0.4, -0.2) is 48.7 Å². The zero-order valence-corrected chi connectivity index (χ0v) is 20.3. The summed E-state index contributed by atoms with van der Waals surface area (Å²) in [7, 11) is 3.42. The van der Waals surface area contributed by atoms with E-state index in [9.17, 15) is 0 Å². The maximum absolute atomic E-state index is 6.87. The average Bonchev–Trinajstić information content (AvgIpc) is 3.38. The van der Waals surface area contributed by atoms with Gasteiger partial charge in [-0.15, -0.1) is 0 Å². The molecule has 0 radical (unpaired) electrons. The highest BCUT2D eigenvalue weighted by atomic mass is 16.5. The number of hydrazone groups is 1. The Labute approximate surface area is 206 Å². The number of rotatable bonds is 5. The van der Waals surface area contributed by atoms with E-state index >= 15 is 0 Å². The summed E-state index contributed by atoms with van der Waals surface area (Å²) in [6.07, 6.45) is 2.58. The van der Waals surface area contributed by atoms with Crippen LogP contribution in [0.15, 0.2) is 77.9 Å². The molecular formula is C29H31N3O3. The van der Waals surface area contributed by atoms with Crippen molar-refractivity contribution < 1.29 is 14.2 Å². The van der Waals surface area contributed by atoms with Crippen LogP contribution in [-0.2, 0) is 6.54 Å². The topological polar surface area (TPSA) is 46.5 Å². The van der Waals surface area contributed by atoms with Crippen LogP contribution in [0.3, 0.4) is 0 Å². The summed E-state index contributed by atoms with van der Waals surface area (Å²) in [5.41, 5.74) is 4.17. The first kappa shape index (κ1) is 22.0. The van der Waals surface area contributed by atoms with E-state index in [0.717, 1.165) is 73.0 Å². The van der Waals surface area contributed by atoms with Gasteiger partial charge in [0.25, 0.3) is 0 Å². The van der Waals surface area contributed by atoms with Gasteiger partial charge in [-0.2, -0.15) is 5.10 Å². The lowest BCUT2D eigenvalue weighted by Gasteiger charge is -2.51. The lowest BCUT2D eigenvalue weighted by Crippen LogP contribution is -2.59. The van der Waals surface area contributed by atoms with Gasteiger partial charge < -0.3 is 14.2 Å². The summed E-state index contributed by atoms with van der Waals surface area (Å²) < 4.78 is 18.1. The molecule has 3 heterocycles. The molecule has 6 rings (SSSR count). The number of hydrogen-bond donors (Lipinski definition) is 0. The lowest BCUT2D eigenvalue weighted by atomic mass is 9.90. The summed E-state index contributed by atoms with van der Waals surface area (Å²) in [5, 5.41) is 7.46. The van der Waals surface area contributed by atoms with Crippen LogP contribution in [0.25, 0.3) is 0 Å². The third-order valence-corrected chi connectivity index (χ3v) is 7.50. The van der Waals surface area contributed by atoms with E-state index in [-0.39, 0.29) is 6.04 Å². The second-order valence-electron chi connectivity index (χ2n) is 9.53. The Morgan fingerprint density at radius 3 is 2.51 bits per heavy atom. The standard InChI is InChI=1S/C29H31N3O3/c1-33-23-11-6-10-22(18-23)25-19-26-24-12-7-13-27(34-2)28(24)35-29(32(26)30-25)14-16-31(17-15-29)20-21-8-4-3-5-9-21/h3-13,18,26H,14-17,19-20H2,1-2H3/t26-/m0/s1. The molecule has 0 aromatic heterocycles. The molecule has 0 bridgehead atoms. The van der Waals surface area contributed by atoms with Crippen LogP contribution in [0.4, 0.5) is 0 Å². The molecule has 3 aliphatic heterocycles. The third kappa shape index (κ3) is 3.92. The Kier molecular flexibility index (Phi) is 5.61. The fourth-order valence-corrected chi connectivity index (χ4v) is 5.64.